The van der Waals surface area contributed by atoms with Gasteiger partial charge in [-0.1, -0.05) is 30.3 Å². The van der Waals surface area contributed by atoms with Crippen LogP contribution in [0.1, 0.15) is 16.6 Å². The van der Waals surface area contributed by atoms with Crippen molar-refractivity contribution in [3.63, 3.8) is 0 Å². The fourth-order valence-electron chi connectivity index (χ4n) is 2.07. The van der Waals surface area contributed by atoms with Crippen molar-refractivity contribution in [1.82, 2.24) is 0 Å². The minimum atomic E-state index is -0.649. The number of esters is 2. The molecule has 0 saturated heterocycles. The Balaban J connectivity index is 2.17. The predicted molar refractivity (Wildman–Crippen MR) is 97.2 cm³/mol. The Morgan fingerprint density at radius 2 is 1.81 bits per heavy atom. The second kappa shape index (κ2) is 9.69. The molecule has 1 heterocycles. The van der Waals surface area contributed by atoms with Crippen LogP contribution in [0.3, 0.4) is 0 Å². The van der Waals surface area contributed by atoms with E-state index >= 15 is 0 Å². The monoisotopic (exact) mass is 377 g/mol. The molecule has 0 saturated carbocycles. The molecule has 0 aliphatic carbocycles. The molecule has 0 bridgehead atoms. The lowest BCUT2D eigenvalue weighted by Gasteiger charge is -2.07. The summed E-state index contributed by atoms with van der Waals surface area (Å²) in [4.78, 5) is 36.5. The number of amides is 1. The highest BCUT2D eigenvalue weighted by molar-refractivity contribution is 7.18. The van der Waals surface area contributed by atoms with E-state index in [-0.39, 0.29) is 18.1 Å². The lowest BCUT2D eigenvalue weighted by Crippen LogP contribution is -2.23. The smallest absolute Gasteiger partial charge is 0.350 e. The summed E-state index contributed by atoms with van der Waals surface area (Å²) < 4.78 is 14.4. The summed E-state index contributed by atoms with van der Waals surface area (Å²) in [5.41, 5.74) is 1.23. The number of anilines is 1. The number of benzene rings is 1. The Bertz CT molecular complexity index is 771. The molecular weight excluding hydrogens is 358 g/mol. The van der Waals surface area contributed by atoms with Crippen LogP contribution in [-0.2, 0) is 23.8 Å². The van der Waals surface area contributed by atoms with E-state index in [2.05, 4.69) is 10.1 Å². The first-order valence-electron chi connectivity index (χ1n) is 7.86. The molecule has 0 atom stereocenters. The van der Waals surface area contributed by atoms with E-state index in [1.807, 2.05) is 30.3 Å². The second-order valence-electron chi connectivity index (χ2n) is 5.08. The summed E-state index contributed by atoms with van der Waals surface area (Å²) in [6.45, 7) is 1.22. The number of nitrogens with one attached hydrogen (secondary N) is 1. The maximum Gasteiger partial charge on any atom is 0.350 e. The molecule has 7 nitrogen and oxygen atoms in total. The van der Waals surface area contributed by atoms with Gasteiger partial charge in [-0.05, 0) is 18.6 Å². The lowest BCUT2D eigenvalue weighted by molar-refractivity contribution is -0.150. The van der Waals surface area contributed by atoms with Crippen molar-refractivity contribution in [2.24, 2.45) is 0 Å². The molecule has 0 unspecified atom stereocenters. The van der Waals surface area contributed by atoms with Crippen LogP contribution in [-0.4, -0.2) is 44.8 Å². The van der Waals surface area contributed by atoms with Crippen molar-refractivity contribution in [3.8, 4) is 10.4 Å². The molecule has 1 aromatic heterocycles. The maximum absolute atomic E-state index is 12.2. The quantitative estimate of drug-likeness (QED) is 0.712. The van der Waals surface area contributed by atoms with Crippen molar-refractivity contribution in [1.29, 1.82) is 0 Å². The van der Waals surface area contributed by atoms with Crippen LogP contribution in [0.5, 0.6) is 0 Å². The van der Waals surface area contributed by atoms with Gasteiger partial charge in [0, 0.05) is 12.0 Å². The van der Waals surface area contributed by atoms with Crippen molar-refractivity contribution in [2.45, 2.75) is 6.92 Å². The highest BCUT2D eigenvalue weighted by atomic mass is 32.1. The van der Waals surface area contributed by atoms with E-state index in [0.717, 1.165) is 10.4 Å². The number of hydrogen-bond acceptors (Lipinski definition) is 7. The van der Waals surface area contributed by atoms with E-state index in [1.54, 1.807) is 13.0 Å². The van der Waals surface area contributed by atoms with E-state index in [0.29, 0.717) is 5.69 Å². The lowest BCUT2D eigenvalue weighted by atomic mass is 10.2. The van der Waals surface area contributed by atoms with Crippen LogP contribution in [0.2, 0.25) is 0 Å². The van der Waals surface area contributed by atoms with Gasteiger partial charge in [0.1, 0.15) is 11.5 Å². The third kappa shape index (κ3) is 5.40. The molecule has 0 radical (unpaired) electrons. The fraction of sp³-hybridized carbons (Fsp3) is 0.278. The van der Waals surface area contributed by atoms with Crippen LogP contribution in [0.15, 0.2) is 36.4 Å². The maximum atomic E-state index is 12.2. The van der Waals surface area contributed by atoms with E-state index < -0.39 is 24.5 Å². The first kappa shape index (κ1) is 19.6. The third-order valence-corrected chi connectivity index (χ3v) is 4.32. The zero-order valence-corrected chi connectivity index (χ0v) is 15.3. The Morgan fingerprint density at radius 3 is 2.46 bits per heavy atom. The van der Waals surface area contributed by atoms with Crippen molar-refractivity contribution in [2.75, 3.05) is 32.2 Å². The fourth-order valence-corrected chi connectivity index (χ4v) is 3.08. The zero-order valence-electron chi connectivity index (χ0n) is 14.4. The van der Waals surface area contributed by atoms with Gasteiger partial charge in [0.15, 0.2) is 6.61 Å². The topological polar surface area (TPSA) is 90.9 Å². The third-order valence-electron chi connectivity index (χ3n) is 3.15. The van der Waals surface area contributed by atoms with E-state index in [4.69, 9.17) is 9.47 Å². The van der Waals surface area contributed by atoms with Crippen LogP contribution in [0.4, 0.5) is 5.69 Å². The Labute approximate surface area is 154 Å². The summed E-state index contributed by atoms with van der Waals surface area (Å²) in [5, 5.41) is 2.59. The van der Waals surface area contributed by atoms with Crippen molar-refractivity contribution >= 4 is 34.9 Å². The number of rotatable bonds is 8. The molecule has 0 spiro atoms. The minimum absolute atomic E-state index is 0.222. The molecule has 26 heavy (non-hydrogen) atoms. The summed E-state index contributed by atoms with van der Waals surface area (Å²) in [6, 6.07) is 11.2. The van der Waals surface area contributed by atoms with Gasteiger partial charge in [-0.2, -0.15) is 0 Å². The molecule has 1 aromatic carbocycles. The average molecular weight is 377 g/mol. The number of methoxy groups -OCH3 is 1. The van der Waals surface area contributed by atoms with Gasteiger partial charge >= 0.3 is 11.9 Å². The summed E-state index contributed by atoms with van der Waals surface area (Å²) in [7, 11) is 1.35. The highest BCUT2D eigenvalue weighted by Gasteiger charge is 2.20. The molecule has 0 aliphatic heterocycles. The minimum Gasteiger partial charge on any atom is -0.462 e. The molecule has 0 aliphatic rings. The number of ether oxygens (including phenoxy) is 3. The molecule has 8 heteroatoms. The molecular formula is C18H19NO6S. The SMILES string of the molecule is CCOC(=O)c1sc(-c2ccccc2)cc1NC(=O)COC(=O)COC. The Kier molecular flexibility index (Phi) is 7.31. The molecule has 0 fully saturated rings. The van der Waals surface area contributed by atoms with Gasteiger partial charge in [-0.15, -0.1) is 11.3 Å². The number of carbonyl (C=O) groups is 3. The van der Waals surface area contributed by atoms with Gasteiger partial charge in [0.2, 0.25) is 0 Å². The molecule has 1 N–H and O–H groups in total. The predicted octanol–water partition coefficient (Wildman–Crippen LogP) is 2.72. The molecule has 1 amide bonds. The first-order valence-corrected chi connectivity index (χ1v) is 8.67. The largest absolute Gasteiger partial charge is 0.462 e. The standard InChI is InChI=1S/C18H19NO6S/c1-3-24-18(22)17-13(19-15(20)10-25-16(21)11-23-2)9-14(26-17)12-7-5-4-6-8-12/h4-9H,3,10-11H2,1-2H3,(H,19,20). The van der Waals surface area contributed by atoms with Crippen molar-refractivity contribution < 1.29 is 28.6 Å². The first-order chi connectivity index (χ1) is 12.5. The number of thiophene rings is 1. The van der Waals surface area contributed by atoms with Gasteiger partial charge in [0.25, 0.3) is 5.91 Å². The Hall–Kier alpha value is -2.71. The van der Waals surface area contributed by atoms with E-state index in [1.165, 1.54) is 18.4 Å². The van der Waals surface area contributed by atoms with E-state index in [9.17, 15) is 14.4 Å². The van der Waals surface area contributed by atoms with Gasteiger partial charge < -0.3 is 19.5 Å². The average Bonchev–Trinajstić information content (AvgIpc) is 3.05. The molecule has 2 rings (SSSR count). The van der Waals surface area contributed by atoms with Crippen LogP contribution >= 0.6 is 11.3 Å². The van der Waals surface area contributed by atoms with Crippen LogP contribution in [0.25, 0.3) is 10.4 Å². The number of carbonyl (C=O) groups excluding carboxylic acids is 3. The molecule has 138 valence electrons. The van der Waals surface area contributed by atoms with Gasteiger partial charge in [-0.25, -0.2) is 9.59 Å². The molecule has 2 aromatic rings. The summed E-state index contributed by atoms with van der Waals surface area (Å²) >= 11 is 1.22. The zero-order chi connectivity index (χ0) is 18.9. The van der Waals surface area contributed by atoms with Gasteiger partial charge in [-0.3, -0.25) is 4.79 Å². The van der Waals surface area contributed by atoms with Gasteiger partial charge in [0.05, 0.1) is 12.3 Å². The second-order valence-corrected chi connectivity index (χ2v) is 6.13. The highest BCUT2D eigenvalue weighted by Crippen LogP contribution is 2.35. The van der Waals surface area contributed by atoms with Crippen LogP contribution < -0.4 is 5.32 Å². The van der Waals surface area contributed by atoms with Crippen LogP contribution in [0, 0.1) is 0 Å². The summed E-state index contributed by atoms with van der Waals surface area (Å²) in [5.74, 6) is -1.73. The van der Waals surface area contributed by atoms with Crippen molar-refractivity contribution in [3.05, 3.63) is 41.3 Å². The Morgan fingerprint density at radius 1 is 1.08 bits per heavy atom. The summed E-state index contributed by atoms with van der Waals surface area (Å²) in [6.07, 6.45) is 0. The normalized spacial score (nSPS) is 10.2. The number of hydrogen-bond donors (Lipinski definition) is 1.